The van der Waals surface area contributed by atoms with Crippen molar-refractivity contribution in [2.24, 2.45) is 45.3 Å². The van der Waals surface area contributed by atoms with Gasteiger partial charge in [-0.3, -0.25) is 0 Å². The van der Waals surface area contributed by atoms with E-state index < -0.39 is 24.6 Å². The first-order valence-electron chi connectivity index (χ1n) is 16.9. The van der Waals surface area contributed by atoms with Crippen LogP contribution in [-0.4, -0.2) is 63.8 Å². The van der Waals surface area contributed by atoms with Crippen molar-refractivity contribution in [3.05, 3.63) is 23.8 Å². The van der Waals surface area contributed by atoms with Crippen molar-refractivity contribution in [2.45, 2.75) is 149 Å². The molecule has 0 aromatic heterocycles. The average Bonchev–Trinajstić information content (AvgIpc) is 3.29. The number of aliphatic hydroxyl groups is 4. The summed E-state index contributed by atoms with van der Waals surface area (Å²) in [5.74, 6) is 1.58. The van der Waals surface area contributed by atoms with E-state index in [9.17, 15) is 20.4 Å². The van der Waals surface area contributed by atoms with Crippen molar-refractivity contribution in [1.82, 2.24) is 0 Å². The van der Waals surface area contributed by atoms with Crippen molar-refractivity contribution in [1.29, 1.82) is 0 Å². The Labute approximate surface area is 255 Å². The minimum atomic E-state index is -1.10. The van der Waals surface area contributed by atoms with Crippen molar-refractivity contribution >= 4 is 0 Å². The molecule has 0 bridgehead atoms. The first-order chi connectivity index (χ1) is 19.6. The summed E-state index contributed by atoms with van der Waals surface area (Å²) in [7, 11) is 0. The fourth-order valence-corrected chi connectivity index (χ4v) is 11.5. The van der Waals surface area contributed by atoms with Crippen LogP contribution in [0.1, 0.15) is 113 Å². The number of ether oxygens (including phenoxy) is 2. The van der Waals surface area contributed by atoms with Gasteiger partial charge in [0.25, 0.3) is 0 Å². The molecule has 13 atom stereocenters. The molecule has 1 saturated heterocycles. The molecule has 4 aliphatic carbocycles. The van der Waals surface area contributed by atoms with Gasteiger partial charge in [-0.2, -0.15) is 0 Å². The molecule has 6 heteroatoms. The van der Waals surface area contributed by atoms with E-state index in [1.807, 2.05) is 0 Å². The molecular weight excluding hydrogens is 528 g/mol. The van der Waals surface area contributed by atoms with Gasteiger partial charge in [-0.25, -0.2) is 0 Å². The third-order valence-corrected chi connectivity index (χ3v) is 13.9. The molecule has 0 aromatic carbocycles. The van der Waals surface area contributed by atoms with E-state index in [4.69, 9.17) is 9.47 Å². The van der Waals surface area contributed by atoms with Crippen LogP contribution in [0.2, 0.25) is 0 Å². The lowest BCUT2D eigenvalue weighted by molar-refractivity contribution is -0.301. The zero-order valence-corrected chi connectivity index (χ0v) is 27.4. The van der Waals surface area contributed by atoms with Gasteiger partial charge in [0, 0.05) is 6.42 Å². The van der Waals surface area contributed by atoms with Gasteiger partial charge in [0.2, 0.25) is 0 Å². The molecule has 4 saturated carbocycles. The highest BCUT2D eigenvalue weighted by molar-refractivity contribution is 5.22. The van der Waals surface area contributed by atoms with E-state index in [0.717, 1.165) is 44.9 Å². The first kappa shape index (κ1) is 32.6. The molecule has 4 N–H and O–H groups in total. The molecule has 240 valence electrons. The predicted molar refractivity (Wildman–Crippen MR) is 165 cm³/mol. The number of fused-ring (bicyclic) bond motifs is 5. The summed E-state index contributed by atoms with van der Waals surface area (Å²) in [6.45, 7) is 20.8. The van der Waals surface area contributed by atoms with Gasteiger partial charge < -0.3 is 29.9 Å². The Kier molecular flexibility index (Phi) is 8.97. The monoisotopic (exact) mass is 588 g/mol. The molecule has 0 spiro atoms. The van der Waals surface area contributed by atoms with Crippen molar-refractivity contribution < 1.29 is 29.9 Å². The lowest BCUT2D eigenvalue weighted by Crippen LogP contribution is -2.66. The second-order valence-electron chi connectivity index (χ2n) is 16.5. The van der Waals surface area contributed by atoms with Crippen LogP contribution in [0.4, 0.5) is 0 Å². The van der Waals surface area contributed by atoms with E-state index in [1.54, 1.807) is 0 Å². The molecule has 1 heterocycles. The van der Waals surface area contributed by atoms with Gasteiger partial charge >= 0.3 is 0 Å². The summed E-state index contributed by atoms with van der Waals surface area (Å²) >= 11 is 0. The molecule has 0 unspecified atom stereocenters. The Morgan fingerprint density at radius 1 is 0.905 bits per heavy atom. The van der Waals surface area contributed by atoms with Crippen LogP contribution in [0.3, 0.4) is 0 Å². The number of hydrogen-bond acceptors (Lipinski definition) is 6. The minimum absolute atomic E-state index is 0.0384. The number of hydrogen-bond donors (Lipinski definition) is 4. The van der Waals surface area contributed by atoms with E-state index in [0.29, 0.717) is 17.8 Å². The fourth-order valence-electron chi connectivity index (χ4n) is 11.5. The highest BCUT2D eigenvalue weighted by atomic mass is 16.7. The van der Waals surface area contributed by atoms with Gasteiger partial charge in [0.05, 0.1) is 24.9 Å². The van der Waals surface area contributed by atoms with Crippen LogP contribution in [-0.2, 0) is 9.47 Å². The van der Waals surface area contributed by atoms with Crippen LogP contribution in [0.15, 0.2) is 23.8 Å². The Morgan fingerprint density at radius 3 is 2.26 bits per heavy atom. The van der Waals surface area contributed by atoms with Crippen LogP contribution >= 0.6 is 0 Å². The maximum atomic E-state index is 12.0. The normalized spacial score (nSPS) is 49.9. The molecule has 1 aliphatic heterocycles. The standard InChI is InChI=1S/C36H60O6/c1-21(2)10-9-11-22(3)23-12-16-36(8)31(23)24(38)18-28-34(6)15-14-29(33(4,5)27(34)13-17-35(28,36)7)42-30-19-25(39)32(40)26(20-37)41-30/h10,23-32,37-40H,3,9,11-20H2,1-2,4-8H3/t23-,24-,25-,26-,27+,28-,29+,30+,31+,32+,34+,35-,36-/m1/s1. The predicted octanol–water partition coefficient (Wildman–Crippen LogP) is 6.16. The molecule has 5 rings (SSSR count). The van der Waals surface area contributed by atoms with Gasteiger partial charge in [0.15, 0.2) is 6.29 Å². The molecule has 5 fully saturated rings. The quantitative estimate of drug-likeness (QED) is 0.210. The van der Waals surface area contributed by atoms with Gasteiger partial charge in [0.1, 0.15) is 12.2 Å². The largest absolute Gasteiger partial charge is 0.394 e. The van der Waals surface area contributed by atoms with E-state index in [1.165, 1.54) is 24.0 Å². The first-order valence-corrected chi connectivity index (χ1v) is 16.9. The minimum Gasteiger partial charge on any atom is -0.394 e. The zero-order valence-electron chi connectivity index (χ0n) is 27.4. The Morgan fingerprint density at radius 2 is 1.60 bits per heavy atom. The molecule has 0 amide bonds. The molecule has 0 aromatic rings. The Hall–Kier alpha value is -0.760. The Bertz CT molecular complexity index is 1030. The molecular formula is C36H60O6. The second-order valence-corrected chi connectivity index (χ2v) is 16.5. The van der Waals surface area contributed by atoms with E-state index >= 15 is 0 Å². The summed E-state index contributed by atoms with van der Waals surface area (Å²) in [6.07, 6.45) is 8.15. The van der Waals surface area contributed by atoms with Gasteiger partial charge in [-0.1, -0.05) is 58.4 Å². The second kappa shape index (κ2) is 11.6. The Balaban J connectivity index is 1.35. The van der Waals surface area contributed by atoms with Crippen LogP contribution in [0.5, 0.6) is 0 Å². The molecule has 5 aliphatic rings. The van der Waals surface area contributed by atoms with Crippen LogP contribution in [0.25, 0.3) is 0 Å². The summed E-state index contributed by atoms with van der Waals surface area (Å²) in [5, 5.41) is 42.2. The lowest BCUT2D eigenvalue weighted by Gasteiger charge is -2.70. The van der Waals surface area contributed by atoms with Crippen LogP contribution < -0.4 is 0 Å². The van der Waals surface area contributed by atoms with Crippen molar-refractivity contribution in [3.8, 4) is 0 Å². The summed E-state index contributed by atoms with van der Waals surface area (Å²) in [4.78, 5) is 0. The summed E-state index contributed by atoms with van der Waals surface area (Å²) < 4.78 is 12.5. The summed E-state index contributed by atoms with van der Waals surface area (Å²) in [5.41, 5.74) is 2.94. The third-order valence-electron chi connectivity index (χ3n) is 13.9. The number of allylic oxidation sites excluding steroid dienone is 3. The topological polar surface area (TPSA) is 99.4 Å². The van der Waals surface area contributed by atoms with Gasteiger partial charge in [-0.05, 0) is 117 Å². The zero-order chi connectivity index (χ0) is 30.8. The number of aliphatic hydroxyl groups excluding tert-OH is 4. The SMILES string of the molecule is C=C(CCC=C(C)C)[C@H]1CC[C@]2(C)[C@@H]1[C@H](O)C[C@@H]1[C@@]3(C)CC[C@H](O[C@H]4C[C@@H](O)[C@H](O)[C@@H](CO)O4)C(C)(C)[C@@H]3CC[C@]12C. The van der Waals surface area contributed by atoms with E-state index in [-0.39, 0.29) is 52.8 Å². The van der Waals surface area contributed by atoms with E-state index in [2.05, 4.69) is 61.1 Å². The van der Waals surface area contributed by atoms with Crippen LogP contribution in [0, 0.1) is 45.3 Å². The van der Waals surface area contributed by atoms with Crippen molar-refractivity contribution in [2.75, 3.05) is 6.61 Å². The third kappa shape index (κ3) is 5.08. The fraction of sp³-hybridized carbons (Fsp3) is 0.889. The molecule has 6 nitrogen and oxygen atoms in total. The van der Waals surface area contributed by atoms with Gasteiger partial charge in [-0.15, -0.1) is 0 Å². The highest BCUT2D eigenvalue weighted by Gasteiger charge is 2.70. The number of rotatable bonds is 7. The maximum Gasteiger partial charge on any atom is 0.161 e. The molecule has 0 radical (unpaired) electrons. The smallest absolute Gasteiger partial charge is 0.161 e. The highest BCUT2D eigenvalue weighted by Crippen LogP contribution is 2.75. The average molecular weight is 589 g/mol. The van der Waals surface area contributed by atoms with Crippen molar-refractivity contribution in [3.63, 3.8) is 0 Å². The molecule has 42 heavy (non-hydrogen) atoms. The lowest BCUT2D eigenvalue weighted by atomic mass is 9.35. The summed E-state index contributed by atoms with van der Waals surface area (Å²) in [6, 6.07) is 0. The maximum absolute atomic E-state index is 12.0.